The maximum absolute atomic E-state index is 13.7. The van der Waals surface area contributed by atoms with Crippen LogP contribution in [0, 0.1) is 12.7 Å². The third-order valence-electron chi connectivity index (χ3n) is 3.42. The van der Waals surface area contributed by atoms with Crippen LogP contribution in [0.15, 0.2) is 23.1 Å². The number of ether oxygens (including phenoxy) is 1. The van der Waals surface area contributed by atoms with Crippen LogP contribution in [0.25, 0.3) is 10.9 Å². The molecule has 1 aliphatic carbocycles. The molecule has 0 saturated heterocycles. The number of pyridine rings is 1. The van der Waals surface area contributed by atoms with Crippen LogP contribution in [0.5, 0.6) is 5.75 Å². The first kappa shape index (κ1) is 12.7. The summed E-state index contributed by atoms with van der Waals surface area (Å²) in [7, 11) is 0. The maximum Gasteiger partial charge on any atom is 0.511 e. The average molecular weight is 277 g/mol. The van der Waals surface area contributed by atoms with Crippen LogP contribution in [-0.4, -0.2) is 15.8 Å². The molecule has 0 aliphatic heterocycles. The number of aryl methyl sites for hydroxylation is 1. The zero-order chi connectivity index (χ0) is 14.4. The molecule has 104 valence electrons. The van der Waals surface area contributed by atoms with E-state index in [9.17, 15) is 14.0 Å². The molecular formula is C14H12FNO4. The van der Waals surface area contributed by atoms with Gasteiger partial charge in [0.05, 0.1) is 17.1 Å². The van der Waals surface area contributed by atoms with Gasteiger partial charge in [-0.1, -0.05) is 0 Å². The molecule has 1 heterocycles. The number of nitrogens with zero attached hydrogens (tertiary/aromatic N) is 1. The van der Waals surface area contributed by atoms with E-state index < -0.39 is 17.4 Å². The summed E-state index contributed by atoms with van der Waals surface area (Å²) in [4.78, 5) is 22.8. The molecule has 1 N–H and O–H groups in total. The van der Waals surface area contributed by atoms with Crippen LogP contribution in [0.3, 0.4) is 0 Å². The van der Waals surface area contributed by atoms with Gasteiger partial charge < -0.3 is 14.4 Å². The molecule has 5 nitrogen and oxygen atoms in total. The number of hydrogen-bond donors (Lipinski definition) is 1. The second-order valence-corrected chi connectivity index (χ2v) is 4.95. The lowest BCUT2D eigenvalue weighted by Gasteiger charge is -2.12. The van der Waals surface area contributed by atoms with Gasteiger partial charge in [0.1, 0.15) is 5.82 Å². The van der Waals surface area contributed by atoms with Crippen molar-refractivity contribution in [3.05, 3.63) is 39.9 Å². The van der Waals surface area contributed by atoms with Gasteiger partial charge in [-0.2, -0.15) is 0 Å². The number of fused-ring (bicyclic) bond motifs is 1. The highest BCUT2D eigenvalue weighted by molar-refractivity contribution is 5.82. The third-order valence-corrected chi connectivity index (χ3v) is 3.42. The van der Waals surface area contributed by atoms with Crippen molar-refractivity contribution in [1.82, 2.24) is 4.57 Å². The lowest BCUT2D eigenvalue weighted by molar-refractivity contribution is 0.143. The molecule has 0 atom stereocenters. The predicted octanol–water partition coefficient (Wildman–Crippen LogP) is 2.84. The molecule has 1 aliphatic rings. The standard InChI is InChI=1S/C14H12FNO4/c1-7-4-11-9(5-10(7)15)13(17)12(20-14(18)19)6-16(11)8-2-3-8/h4-6,8H,2-3H2,1H3,(H,18,19). The average Bonchev–Trinajstić information content (AvgIpc) is 3.19. The quantitative estimate of drug-likeness (QED) is 0.857. The molecule has 1 fully saturated rings. The van der Waals surface area contributed by atoms with E-state index in [0.717, 1.165) is 18.9 Å². The molecule has 0 bridgehead atoms. The summed E-state index contributed by atoms with van der Waals surface area (Å²) in [6.45, 7) is 1.62. The van der Waals surface area contributed by atoms with E-state index in [2.05, 4.69) is 4.74 Å². The smallest absolute Gasteiger partial charge is 0.449 e. The van der Waals surface area contributed by atoms with E-state index >= 15 is 0 Å². The largest absolute Gasteiger partial charge is 0.511 e. The second kappa shape index (κ2) is 4.33. The van der Waals surface area contributed by atoms with Gasteiger partial charge in [-0.3, -0.25) is 4.79 Å². The number of halogens is 1. The van der Waals surface area contributed by atoms with Crippen LogP contribution in [-0.2, 0) is 0 Å². The Labute approximate surface area is 113 Å². The third kappa shape index (κ3) is 2.03. The van der Waals surface area contributed by atoms with Gasteiger partial charge in [-0.15, -0.1) is 0 Å². The van der Waals surface area contributed by atoms with E-state index in [1.165, 1.54) is 6.20 Å². The summed E-state index contributed by atoms with van der Waals surface area (Å²) in [6.07, 6.45) is 1.73. The lowest BCUT2D eigenvalue weighted by Crippen LogP contribution is -2.16. The van der Waals surface area contributed by atoms with Crippen LogP contribution in [0.4, 0.5) is 9.18 Å². The fourth-order valence-corrected chi connectivity index (χ4v) is 2.27. The lowest BCUT2D eigenvalue weighted by atomic mass is 10.1. The van der Waals surface area contributed by atoms with Crippen molar-refractivity contribution in [1.29, 1.82) is 0 Å². The summed E-state index contributed by atoms with van der Waals surface area (Å²) in [5.74, 6) is -0.787. The fraction of sp³-hybridized carbons (Fsp3) is 0.286. The van der Waals surface area contributed by atoms with Gasteiger partial charge in [0.2, 0.25) is 5.43 Å². The summed E-state index contributed by atoms with van der Waals surface area (Å²) in [5, 5.41) is 8.80. The van der Waals surface area contributed by atoms with Gasteiger partial charge in [-0.05, 0) is 37.5 Å². The minimum absolute atomic E-state index is 0.138. The number of aromatic nitrogens is 1. The molecule has 1 aromatic heterocycles. The van der Waals surface area contributed by atoms with Crippen molar-refractivity contribution in [2.45, 2.75) is 25.8 Å². The van der Waals surface area contributed by atoms with E-state index in [-0.39, 0.29) is 17.2 Å². The highest BCUT2D eigenvalue weighted by atomic mass is 19.1. The normalized spacial score (nSPS) is 14.5. The van der Waals surface area contributed by atoms with Crippen LogP contribution < -0.4 is 10.2 Å². The fourth-order valence-electron chi connectivity index (χ4n) is 2.27. The van der Waals surface area contributed by atoms with Crippen molar-refractivity contribution in [3.63, 3.8) is 0 Å². The Morgan fingerprint density at radius 2 is 2.15 bits per heavy atom. The highest BCUT2D eigenvalue weighted by Crippen LogP contribution is 2.37. The van der Waals surface area contributed by atoms with Crippen LogP contribution in [0.1, 0.15) is 24.4 Å². The molecule has 0 unspecified atom stereocenters. The van der Waals surface area contributed by atoms with Gasteiger partial charge in [0.15, 0.2) is 5.75 Å². The Hall–Kier alpha value is -2.37. The van der Waals surface area contributed by atoms with Crippen LogP contribution >= 0.6 is 0 Å². The summed E-state index contributed by atoms with van der Waals surface area (Å²) in [6, 6.07) is 2.95. The first-order chi connectivity index (χ1) is 9.47. The van der Waals surface area contributed by atoms with Crippen molar-refractivity contribution in [2.75, 3.05) is 0 Å². The van der Waals surface area contributed by atoms with Crippen LogP contribution in [0.2, 0.25) is 0 Å². The number of rotatable bonds is 2. The highest BCUT2D eigenvalue weighted by Gasteiger charge is 2.26. The van der Waals surface area contributed by atoms with Crippen molar-refractivity contribution < 1.29 is 19.0 Å². The Balaban J connectivity index is 2.33. The molecule has 0 amide bonds. The second-order valence-electron chi connectivity index (χ2n) is 4.95. The molecule has 1 aromatic carbocycles. The van der Waals surface area contributed by atoms with Gasteiger partial charge >= 0.3 is 6.16 Å². The van der Waals surface area contributed by atoms with E-state index in [1.807, 2.05) is 0 Å². The first-order valence-corrected chi connectivity index (χ1v) is 6.23. The predicted molar refractivity (Wildman–Crippen MR) is 69.8 cm³/mol. The first-order valence-electron chi connectivity index (χ1n) is 6.23. The molecule has 0 spiro atoms. The Morgan fingerprint density at radius 3 is 2.75 bits per heavy atom. The van der Waals surface area contributed by atoms with E-state index in [1.54, 1.807) is 17.6 Å². The molecular weight excluding hydrogens is 265 g/mol. The number of hydrogen-bond acceptors (Lipinski definition) is 3. The molecule has 0 radical (unpaired) electrons. The zero-order valence-electron chi connectivity index (χ0n) is 10.7. The van der Waals surface area contributed by atoms with Gasteiger partial charge in [0, 0.05) is 6.04 Å². The molecule has 1 saturated carbocycles. The topological polar surface area (TPSA) is 68.5 Å². The Bertz CT molecular complexity index is 777. The molecule has 20 heavy (non-hydrogen) atoms. The van der Waals surface area contributed by atoms with Gasteiger partial charge in [0.25, 0.3) is 0 Å². The minimum Gasteiger partial charge on any atom is -0.449 e. The monoisotopic (exact) mass is 277 g/mol. The SMILES string of the molecule is Cc1cc2c(cc1F)c(=O)c(OC(=O)O)cn2C1CC1. The van der Waals surface area contributed by atoms with E-state index in [4.69, 9.17) is 5.11 Å². The summed E-state index contributed by atoms with van der Waals surface area (Å²) < 4.78 is 20.0. The summed E-state index contributed by atoms with van der Waals surface area (Å²) in [5.41, 5.74) is 0.436. The van der Waals surface area contributed by atoms with Crippen molar-refractivity contribution in [3.8, 4) is 5.75 Å². The zero-order valence-corrected chi connectivity index (χ0v) is 10.7. The Kier molecular flexibility index (Phi) is 2.74. The van der Waals surface area contributed by atoms with E-state index in [0.29, 0.717) is 11.1 Å². The molecule has 2 aromatic rings. The van der Waals surface area contributed by atoms with Crippen molar-refractivity contribution in [2.24, 2.45) is 0 Å². The summed E-state index contributed by atoms with van der Waals surface area (Å²) >= 11 is 0. The number of carboxylic acid groups (broad SMARTS) is 1. The maximum atomic E-state index is 13.7. The number of benzene rings is 1. The van der Waals surface area contributed by atoms with Gasteiger partial charge in [-0.25, -0.2) is 9.18 Å². The Morgan fingerprint density at radius 1 is 1.45 bits per heavy atom. The number of carbonyl (C=O) groups is 1. The molecule has 3 rings (SSSR count). The minimum atomic E-state index is -1.56. The molecule has 6 heteroatoms. The van der Waals surface area contributed by atoms with Crippen molar-refractivity contribution >= 4 is 17.1 Å².